The van der Waals surface area contributed by atoms with Gasteiger partial charge in [0.2, 0.25) is 5.91 Å². The number of para-hydroxylation sites is 1. The molecule has 0 atom stereocenters. The maximum Gasteiger partial charge on any atom is 0.220 e. The summed E-state index contributed by atoms with van der Waals surface area (Å²) in [4.78, 5) is 12.0. The summed E-state index contributed by atoms with van der Waals surface area (Å²) in [6.07, 6.45) is 4.68. The summed E-state index contributed by atoms with van der Waals surface area (Å²) in [5.74, 6) is 1.70. The number of thioether (sulfide) groups is 1. The second-order valence-electron chi connectivity index (χ2n) is 6.99. The van der Waals surface area contributed by atoms with Gasteiger partial charge in [-0.3, -0.25) is 9.36 Å². The van der Waals surface area contributed by atoms with Crippen LogP contribution in [0.25, 0.3) is 17.1 Å². The van der Waals surface area contributed by atoms with E-state index in [-0.39, 0.29) is 5.91 Å². The van der Waals surface area contributed by atoms with Gasteiger partial charge in [-0.25, -0.2) is 0 Å². The number of carbonyl (C=O) groups is 1. The molecule has 0 fully saturated rings. The monoisotopic (exact) mass is 442 g/mol. The van der Waals surface area contributed by atoms with Crippen LogP contribution in [0.2, 0.25) is 5.02 Å². The minimum absolute atomic E-state index is 0.123. The number of carbonyl (C=O) groups excluding carboxylic acids is 1. The van der Waals surface area contributed by atoms with E-state index in [1.54, 1.807) is 11.8 Å². The Bertz CT molecular complexity index is 928. The van der Waals surface area contributed by atoms with Crippen molar-refractivity contribution >= 4 is 29.3 Å². The van der Waals surface area contributed by atoms with Crippen LogP contribution in [0, 0.1) is 0 Å². The van der Waals surface area contributed by atoms with E-state index in [1.807, 2.05) is 54.6 Å². The van der Waals surface area contributed by atoms with Gasteiger partial charge in [-0.15, -0.1) is 10.2 Å². The zero-order valence-electron chi connectivity index (χ0n) is 17.2. The third kappa shape index (κ3) is 6.34. The highest BCUT2D eigenvalue weighted by Gasteiger charge is 2.16. The lowest BCUT2D eigenvalue weighted by Gasteiger charge is -2.10. The highest BCUT2D eigenvalue weighted by molar-refractivity contribution is 7.99. The van der Waals surface area contributed by atoms with Crippen molar-refractivity contribution in [2.24, 2.45) is 0 Å². The van der Waals surface area contributed by atoms with Crippen LogP contribution >= 0.6 is 23.4 Å². The van der Waals surface area contributed by atoms with Crippen molar-refractivity contribution in [3.05, 3.63) is 59.6 Å². The molecule has 158 valence electrons. The summed E-state index contributed by atoms with van der Waals surface area (Å²) in [5.41, 5.74) is 1.96. The summed E-state index contributed by atoms with van der Waals surface area (Å²) in [5, 5.41) is 13.3. The molecule has 0 aliphatic rings. The van der Waals surface area contributed by atoms with E-state index in [1.165, 1.54) is 0 Å². The number of amides is 1. The molecule has 2 aromatic carbocycles. The van der Waals surface area contributed by atoms with Crippen LogP contribution in [-0.4, -0.2) is 33.0 Å². The molecule has 30 heavy (non-hydrogen) atoms. The SMILES string of the molecule is CCCCCNC(=O)CCCSc1nnc(-c2ccc(Cl)cc2)n1-c1ccccc1. The smallest absolute Gasteiger partial charge is 0.220 e. The molecule has 3 aromatic rings. The minimum Gasteiger partial charge on any atom is -0.356 e. The fraction of sp³-hybridized carbons (Fsp3) is 0.348. The molecule has 0 bridgehead atoms. The lowest BCUT2D eigenvalue weighted by molar-refractivity contribution is -0.121. The van der Waals surface area contributed by atoms with E-state index in [4.69, 9.17) is 11.6 Å². The van der Waals surface area contributed by atoms with Crippen molar-refractivity contribution in [3.8, 4) is 17.1 Å². The average Bonchev–Trinajstić information content (AvgIpc) is 3.19. The van der Waals surface area contributed by atoms with Crippen molar-refractivity contribution in [2.45, 2.75) is 44.2 Å². The maximum atomic E-state index is 12.0. The highest BCUT2D eigenvalue weighted by atomic mass is 35.5. The summed E-state index contributed by atoms with van der Waals surface area (Å²) in [6, 6.07) is 17.7. The van der Waals surface area contributed by atoms with Gasteiger partial charge in [0, 0.05) is 35.0 Å². The Kier molecular flexibility index (Phi) is 8.78. The van der Waals surface area contributed by atoms with Crippen LogP contribution in [0.15, 0.2) is 59.8 Å². The zero-order chi connectivity index (χ0) is 21.2. The Morgan fingerprint density at radius 1 is 1.03 bits per heavy atom. The lowest BCUT2D eigenvalue weighted by Crippen LogP contribution is -2.24. The first kappa shape index (κ1) is 22.4. The van der Waals surface area contributed by atoms with Crippen molar-refractivity contribution in [3.63, 3.8) is 0 Å². The van der Waals surface area contributed by atoms with E-state index >= 15 is 0 Å². The first-order chi connectivity index (χ1) is 14.7. The fourth-order valence-corrected chi connectivity index (χ4v) is 4.06. The average molecular weight is 443 g/mol. The topological polar surface area (TPSA) is 59.8 Å². The molecule has 0 unspecified atom stereocenters. The summed E-state index contributed by atoms with van der Waals surface area (Å²) < 4.78 is 2.05. The number of hydrogen-bond acceptors (Lipinski definition) is 4. The standard InChI is InChI=1S/C23H27ClN4OS/c1-2-3-7-16-25-21(29)11-8-17-30-23-27-26-22(18-12-14-19(24)15-13-18)28(23)20-9-5-4-6-10-20/h4-6,9-10,12-15H,2-3,7-8,11,16-17H2,1H3,(H,25,29). The lowest BCUT2D eigenvalue weighted by atomic mass is 10.2. The normalized spacial score (nSPS) is 10.9. The zero-order valence-corrected chi connectivity index (χ0v) is 18.8. The van der Waals surface area contributed by atoms with Gasteiger partial charge in [0.1, 0.15) is 0 Å². The van der Waals surface area contributed by atoms with Crippen molar-refractivity contribution < 1.29 is 4.79 Å². The van der Waals surface area contributed by atoms with Crippen LogP contribution in [0.5, 0.6) is 0 Å². The molecule has 1 aromatic heterocycles. The highest BCUT2D eigenvalue weighted by Crippen LogP contribution is 2.29. The molecule has 0 aliphatic heterocycles. The minimum atomic E-state index is 0.123. The number of nitrogens with zero attached hydrogens (tertiary/aromatic N) is 3. The van der Waals surface area contributed by atoms with Crippen molar-refractivity contribution in [2.75, 3.05) is 12.3 Å². The van der Waals surface area contributed by atoms with Crippen LogP contribution in [-0.2, 0) is 4.79 Å². The molecule has 0 spiro atoms. The molecular weight excluding hydrogens is 416 g/mol. The van der Waals surface area contributed by atoms with Gasteiger partial charge in [-0.1, -0.05) is 61.3 Å². The molecule has 7 heteroatoms. The largest absolute Gasteiger partial charge is 0.356 e. The third-order valence-electron chi connectivity index (χ3n) is 4.63. The van der Waals surface area contributed by atoms with Gasteiger partial charge in [0.05, 0.1) is 0 Å². The number of halogens is 1. The Balaban J connectivity index is 1.65. The quantitative estimate of drug-likeness (QED) is 0.302. The molecule has 1 N–H and O–H groups in total. The molecule has 5 nitrogen and oxygen atoms in total. The van der Waals surface area contributed by atoms with Crippen LogP contribution in [0.4, 0.5) is 0 Å². The Morgan fingerprint density at radius 3 is 2.53 bits per heavy atom. The van der Waals surface area contributed by atoms with Gasteiger partial charge in [0.15, 0.2) is 11.0 Å². The molecule has 0 saturated carbocycles. The second-order valence-corrected chi connectivity index (χ2v) is 8.49. The fourth-order valence-electron chi connectivity index (χ4n) is 3.05. The second kappa shape index (κ2) is 11.8. The van der Waals surface area contributed by atoms with Gasteiger partial charge >= 0.3 is 0 Å². The van der Waals surface area contributed by atoms with E-state index in [2.05, 4.69) is 27.0 Å². The summed E-state index contributed by atoms with van der Waals surface area (Å²) in [6.45, 7) is 2.93. The van der Waals surface area contributed by atoms with Crippen molar-refractivity contribution in [1.82, 2.24) is 20.1 Å². The van der Waals surface area contributed by atoms with Crippen LogP contribution in [0.3, 0.4) is 0 Å². The van der Waals surface area contributed by atoms with Gasteiger partial charge in [-0.05, 0) is 49.2 Å². The molecule has 3 rings (SSSR count). The van der Waals surface area contributed by atoms with Gasteiger partial charge < -0.3 is 5.32 Å². The van der Waals surface area contributed by atoms with Gasteiger partial charge in [0.25, 0.3) is 0 Å². The number of unbranched alkanes of at least 4 members (excludes halogenated alkanes) is 2. The number of aromatic nitrogens is 3. The Morgan fingerprint density at radius 2 is 1.80 bits per heavy atom. The predicted octanol–water partition coefficient (Wildman–Crippen LogP) is 5.77. The molecule has 0 aliphatic carbocycles. The first-order valence-electron chi connectivity index (χ1n) is 10.4. The number of rotatable bonds is 11. The van der Waals surface area contributed by atoms with Gasteiger partial charge in [-0.2, -0.15) is 0 Å². The molecule has 1 amide bonds. The molecular formula is C23H27ClN4OS. The van der Waals surface area contributed by atoms with E-state index in [9.17, 15) is 4.79 Å². The Labute approximate surface area is 187 Å². The molecule has 1 heterocycles. The number of nitrogens with one attached hydrogen (secondary N) is 1. The van der Waals surface area contributed by atoms with E-state index in [0.717, 1.165) is 60.2 Å². The molecule has 0 saturated heterocycles. The molecule has 0 radical (unpaired) electrons. The Hall–Kier alpha value is -2.31. The number of benzene rings is 2. The van der Waals surface area contributed by atoms with E-state index in [0.29, 0.717) is 11.4 Å². The van der Waals surface area contributed by atoms with Crippen molar-refractivity contribution in [1.29, 1.82) is 0 Å². The van der Waals surface area contributed by atoms with Crippen LogP contribution in [0.1, 0.15) is 39.0 Å². The predicted molar refractivity (Wildman–Crippen MR) is 124 cm³/mol. The van der Waals surface area contributed by atoms with Crippen LogP contribution < -0.4 is 5.32 Å². The summed E-state index contributed by atoms with van der Waals surface area (Å²) in [7, 11) is 0. The maximum absolute atomic E-state index is 12.0. The van der Waals surface area contributed by atoms with E-state index < -0.39 is 0 Å². The first-order valence-corrected chi connectivity index (χ1v) is 11.7. The third-order valence-corrected chi connectivity index (χ3v) is 5.90. The number of hydrogen-bond donors (Lipinski definition) is 1. The summed E-state index contributed by atoms with van der Waals surface area (Å²) >= 11 is 7.66.